The van der Waals surface area contributed by atoms with Crippen LogP contribution in [0.3, 0.4) is 0 Å². The van der Waals surface area contributed by atoms with Crippen molar-refractivity contribution in [2.75, 3.05) is 13.2 Å². The Morgan fingerprint density at radius 1 is 0.333 bits per heavy atom. The first kappa shape index (κ1) is 61.4. The summed E-state index contributed by atoms with van der Waals surface area (Å²) < 4.78 is 16.9. The summed E-state index contributed by atoms with van der Waals surface area (Å²) in [6, 6.07) is 0. The molecule has 0 aliphatic heterocycles. The number of carbonyl (C=O) groups is 3. The van der Waals surface area contributed by atoms with E-state index in [9.17, 15) is 14.4 Å². The second-order valence-corrected chi connectivity index (χ2v) is 20.3. The lowest BCUT2D eigenvalue weighted by Gasteiger charge is -2.18. The molecule has 374 valence electrons. The van der Waals surface area contributed by atoms with Crippen LogP contribution in [0.15, 0.2) is 0 Å². The van der Waals surface area contributed by atoms with Gasteiger partial charge in [-0.1, -0.05) is 279 Å². The van der Waals surface area contributed by atoms with Crippen molar-refractivity contribution in [1.29, 1.82) is 0 Å². The van der Waals surface area contributed by atoms with Crippen molar-refractivity contribution in [2.24, 2.45) is 11.8 Å². The highest BCUT2D eigenvalue weighted by Gasteiger charge is 2.19. The van der Waals surface area contributed by atoms with Crippen LogP contribution >= 0.6 is 0 Å². The fraction of sp³-hybridized carbons (Fsp3) is 0.947. The molecular formula is C57H110O6. The summed E-state index contributed by atoms with van der Waals surface area (Å²) >= 11 is 0. The predicted molar refractivity (Wildman–Crippen MR) is 270 cm³/mol. The molecule has 1 unspecified atom stereocenters. The quantitative estimate of drug-likeness (QED) is 0.0344. The van der Waals surface area contributed by atoms with Gasteiger partial charge in [-0.15, -0.1) is 0 Å². The molecule has 0 saturated heterocycles. The lowest BCUT2D eigenvalue weighted by atomic mass is 9.99. The summed E-state index contributed by atoms with van der Waals surface area (Å²) in [4.78, 5) is 38.1. The summed E-state index contributed by atoms with van der Waals surface area (Å²) in [7, 11) is 0. The van der Waals surface area contributed by atoms with Crippen LogP contribution in [-0.4, -0.2) is 37.2 Å². The number of rotatable bonds is 51. The zero-order chi connectivity index (χ0) is 46.1. The number of unbranched alkanes of at least 4 members (excludes halogenated alkanes) is 35. The predicted octanol–water partition coefficient (Wildman–Crippen LogP) is 18.5. The van der Waals surface area contributed by atoms with Crippen molar-refractivity contribution in [3.63, 3.8) is 0 Å². The fourth-order valence-electron chi connectivity index (χ4n) is 8.66. The third-order valence-corrected chi connectivity index (χ3v) is 13.3. The van der Waals surface area contributed by atoms with Gasteiger partial charge < -0.3 is 14.2 Å². The van der Waals surface area contributed by atoms with Crippen LogP contribution in [0.25, 0.3) is 0 Å². The highest BCUT2D eigenvalue weighted by Crippen LogP contribution is 2.18. The average Bonchev–Trinajstić information content (AvgIpc) is 3.27. The van der Waals surface area contributed by atoms with Crippen LogP contribution < -0.4 is 0 Å². The van der Waals surface area contributed by atoms with E-state index in [2.05, 4.69) is 34.6 Å². The lowest BCUT2D eigenvalue weighted by Crippen LogP contribution is -2.30. The van der Waals surface area contributed by atoms with E-state index in [1.807, 2.05) is 0 Å². The maximum atomic E-state index is 12.8. The molecule has 0 N–H and O–H groups in total. The monoisotopic (exact) mass is 891 g/mol. The van der Waals surface area contributed by atoms with E-state index in [0.717, 1.165) is 69.6 Å². The first-order chi connectivity index (χ1) is 30.8. The number of carbonyl (C=O) groups excluding carboxylic acids is 3. The van der Waals surface area contributed by atoms with Crippen LogP contribution in [0.2, 0.25) is 0 Å². The first-order valence-corrected chi connectivity index (χ1v) is 28.3. The van der Waals surface area contributed by atoms with E-state index in [0.29, 0.717) is 19.3 Å². The van der Waals surface area contributed by atoms with Gasteiger partial charge in [0.15, 0.2) is 6.10 Å². The largest absolute Gasteiger partial charge is 0.462 e. The van der Waals surface area contributed by atoms with Gasteiger partial charge in [-0.3, -0.25) is 14.4 Å². The maximum Gasteiger partial charge on any atom is 0.306 e. The van der Waals surface area contributed by atoms with Gasteiger partial charge in [-0.2, -0.15) is 0 Å². The Kier molecular flexibility index (Phi) is 48.6. The highest BCUT2D eigenvalue weighted by molar-refractivity contribution is 5.71. The molecule has 6 heteroatoms. The average molecular weight is 892 g/mol. The van der Waals surface area contributed by atoms with E-state index in [1.165, 1.54) is 205 Å². The van der Waals surface area contributed by atoms with Gasteiger partial charge in [0.05, 0.1) is 0 Å². The molecule has 0 amide bonds. The number of hydrogen-bond acceptors (Lipinski definition) is 6. The summed E-state index contributed by atoms with van der Waals surface area (Å²) in [5.74, 6) is 0.852. The number of esters is 3. The minimum Gasteiger partial charge on any atom is -0.462 e. The van der Waals surface area contributed by atoms with Crippen molar-refractivity contribution in [3.8, 4) is 0 Å². The SMILES string of the molecule is CCCCCCCCCCCCCCCCCCCC(=O)OC[C@@H](COC(=O)CCCCCCCCCCCCC(C)CC)OC(=O)CCCCCCCCCCCCCC(C)C. The van der Waals surface area contributed by atoms with Crippen molar-refractivity contribution in [3.05, 3.63) is 0 Å². The minimum absolute atomic E-state index is 0.0631. The molecule has 0 aliphatic carbocycles. The molecule has 0 saturated carbocycles. The molecule has 0 aromatic rings. The molecule has 0 aromatic carbocycles. The molecule has 0 bridgehead atoms. The number of ether oxygens (including phenoxy) is 3. The summed E-state index contributed by atoms with van der Waals surface area (Å²) in [5.41, 5.74) is 0. The Balaban J connectivity index is 4.30. The second kappa shape index (κ2) is 49.8. The van der Waals surface area contributed by atoms with Gasteiger partial charge >= 0.3 is 17.9 Å². The van der Waals surface area contributed by atoms with Crippen LogP contribution in [-0.2, 0) is 28.6 Å². The molecule has 0 fully saturated rings. The Labute approximate surface area is 393 Å². The topological polar surface area (TPSA) is 78.9 Å². The molecular weight excluding hydrogens is 781 g/mol. The molecule has 0 rings (SSSR count). The minimum atomic E-state index is -0.763. The molecule has 2 atom stereocenters. The third kappa shape index (κ3) is 49.7. The van der Waals surface area contributed by atoms with Crippen LogP contribution in [0.5, 0.6) is 0 Å². The highest BCUT2D eigenvalue weighted by atomic mass is 16.6. The number of hydrogen-bond donors (Lipinski definition) is 0. The molecule has 0 aliphatic rings. The maximum absolute atomic E-state index is 12.8. The van der Waals surface area contributed by atoms with Gasteiger partial charge in [0.25, 0.3) is 0 Å². The van der Waals surface area contributed by atoms with Gasteiger partial charge in [-0.05, 0) is 31.1 Å². The van der Waals surface area contributed by atoms with Crippen molar-refractivity contribution in [1.82, 2.24) is 0 Å². The van der Waals surface area contributed by atoms with Crippen LogP contribution in [0.1, 0.15) is 317 Å². The van der Waals surface area contributed by atoms with Gasteiger partial charge in [0, 0.05) is 19.3 Å². The van der Waals surface area contributed by atoms with E-state index in [1.54, 1.807) is 0 Å². The molecule has 0 spiro atoms. The Morgan fingerprint density at radius 2 is 0.603 bits per heavy atom. The zero-order valence-electron chi connectivity index (χ0n) is 43.2. The Bertz CT molecular complexity index is 964. The van der Waals surface area contributed by atoms with E-state index in [4.69, 9.17) is 14.2 Å². The van der Waals surface area contributed by atoms with Gasteiger partial charge in [0.1, 0.15) is 13.2 Å². The summed E-state index contributed by atoms with van der Waals surface area (Å²) in [6.45, 7) is 11.4. The second-order valence-electron chi connectivity index (χ2n) is 20.3. The van der Waals surface area contributed by atoms with E-state index >= 15 is 0 Å². The fourth-order valence-corrected chi connectivity index (χ4v) is 8.66. The zero-order valence-corrected chi connectivity index (χ0v) is 43.2. The summed E-state index contributed by atoms with van der Waals surface area (Å²) in [6.07, 6.45) is 52.3. The van der Waals surface area contributed by atoms with Crippen molar-refractivity contribution >= 4 is 17.9 Å². The van der Waals surface area contributed by atoms with Gasteiger partial charge in [0.2, 0.25) is 0 Å². The van der Waals surface area contributed by atoms with Crippen molar-refractivity contribution in [2.45, 2.75) is 323 Å². The third-order valence-electron chi connectivity index (χ3n) is 13.3. The lowest BCUT2D eigenvalue weighted by molar-refractivity contribution is -0.167. The van der Waals surface area contributed by atoms with Crippen LogP contribution in [0.4, 0.5) is 0 Å². The normalized spacial score (nSPS) is 12.5. The Hall–Kier alpha value is -1.59. The van der Waals surface area contributed by atoms with Crippen LogP contribution in [0, 0.1) is 11.8 Å². The smallest absolute Gasteiger partial charge is 0.306 e. The van der Waals surface area contributed by atoms with E-state index in [-0.39, 0.29) is 31.1 Å². The standard InChI is InChI=1S/C57H110O6/c1-6-8-9-10-11-12-13-14-15-16-17-18-21-27-32-37-42-47-55(58)61-50-54(63-57(60)49-44-39-34-29-22-19-20-25-30-35-40-45-52(3)4)51-62-56(59)48-43-38-33-28-24-23-26-31-36-41-46-53(5)7-2/h52-54H,6-51H2,1-5H3/t53?,54-/m0/s1. The first-order valence-electron chi connectivity index (χ1n) is 28.3. The van der Waals surface area contributed by atoms with E-state index < -0.39 is 6.10 Å². The molecule has 0 aromatic heterocycles. The molecule has 0 heterocycles. The molecule has 0 radical (unpaired) electrons. The molecule has 63 heavy (non-hydrogen) atoms. The Morgan fingerprint density at radius 3 is 0.905 bits per heavy atom. The van der Waals surface area contributed by atoms with Crippen molar-refractivity contribution < 1.29 is 28.6 Å². The molecule has 6 nitrogen and oxygen atoms in total. The van der Waals surface area contributed by atoms with Gasteiger partial charge in [-0.25, -0.2) is 0 Å². The summed E-state index contributed by atoms with van der Waals surface area (Å²) in [5, 5.41) is 0.